The molecule has 3 aliphatic heterocycles. The van der Waals surface area contributed by atoms with Gasteiger partial charge in [0.2, 0.25) is 5.91 Å². The Kier molecular flexibility index (Phi) is 8.63. The van der Waals surface area contributed by atoms with Crippen LogP contribution in [-0.2, 0) is 25.6 Å². The Hall–Kier alpha value is -4.13. The molecule has 0 unspecified atom stereocenters. The fourth-order valence-electron chi connectivity index (χ4n) is 6.07. The Bertz CT molecular complexity index is 1480. The van der Waals surface area contributed by atoms with Gasteiger partial charge in [-0.1, -0.05) is 13.0 Å². The van der Waals surface area contributed by atoms with Crippen molar-refractivity contribution in [1.82, 2.24) is 9.80 Å². The van der Waals surface area contributed by atoms with E-state index in [-0.39, 0.29) is 29.5 Å². The van der Waals surface area contributed by atoms with Gasteiger partial charge in [-0.2, -0.15) is 0 Å². The summed E-state index contributed by atoms with van der Waals surface area (Å²) in [6.45, 7) is 11.3. The number of nitro benzene ring substituents is 1. The number of aliphatic hydroxyl groups excluding tert-OH is 1. The minimum absolute atomic E-state index is 0.0345. The van der Waals surface area contributed by atoms with Crippen LogP contribution in [0.1, 0.15) is 40.9 Å². The molecule has 1 amide bonds. The van der Waals surface area contributed by atoms with Crippen LogP contribution in [0.2, 0.25) is 0 Å². The molecule has 2 aromatic rings. The monoisotopic (exact) mass is 593 g/mol. The summed E-state index contributed by atoms with van der Waals surface area (Å²) in [5.74, 6) is -2.89. The summed E-state index contributed by atoms with van der Waals surface area (Å²) < 4.78 is 16.8. The molecule has 0 saturated carbocycles. The lowest BCUT2D eigenvalue weighted by molar-refractivity contribution is -0.384. The molecule has 0 spiro atoms. The Labute approximate surface area is 249 Å². The molecule has 0 aliphatic carbocycles. The normalized spacial score (nSPS) is 22.6. The molecule has 12 nitrogen and oxygen atoms in total. The highest BCUT2D eigenvalue weighted by Crippen LogP contribution is 2.47. The number of non-ortho nitro benzene ring substituents is 1. The number of nitro groups is 1. The van der Waals surface area contributed by atoms with E-state index in [1.807, 2.05) is 26.8 Å². The van der Waals surface area contributed by atoms with Crippen LogP contribution in [0.3, 0.4) is 0 Å². The van der Waals surface area contributed by atoms with Gasteiger partial charge >= 0.3 is 11.9 Å². The minimum atomic E-state index is -1.03. The molecule has 12 heteroatoms. The number of nitrogens with zero attached hydrogens (tertiary/aromatic N) is 3. The summed E-state index contributed by atoms with van der Waals surface area (Å²) in [6, 6.07) is 8.22. The van der Waals surface area contributed by atoms with Gasteiger partial charge in [0.15, 0.2) is 0 Å². The Morgan fingerprint density at radius 1 is 1.12 bits per heavy atom. The van der Waals surface area contributed by atoms with Gasteiger partial charge in [-0.15, -0.1) is 0 Å². The number of aliphatic hydroxyl groups is 1. The highest BCUT2D eigenvalue weighted by Gasteiger charge is 2.60. The van der Waals surface area contributed by atoms with Crippen molar-refractivity contribution >= 4 is 23.5 Å². The van der Waals surface area contributed by atoms with Crippen LogP contribution in [-0.4, -0.2) is 82.7 Å². The van der Waals surface area contributed by atoms with Gasteiger partial charge in [-0.05, 0) is 55.7 Å². The van der Waals surface area contributed by atoms with Crippen LogP contribution in [0.4, 0.5) is 5.69 Å². The summed E-state index contributed by atoms with van der Waals surface area (Å²) >= 11 is 0. The van der Waals surface area contributed by atoms with Crippen LogP contribution >= 0.6 is 0 Å². The number of amides is 1. The van der Waals surface area contributed by atoms with E-state index < -0.39 is 40.8 Å². The number of benzene rings is 2. The van der Waals surface area contributed by atoms with Crippen LogP contribution in [0, 0.1) is 35.8 Å². The van der Waals surface area contributed by atoms with Crippen LogP contribution in [0.15, 0.2) is 47.7 Å². The van der Waals surface area contributed by atoms with E-state index in [2.05, 4.69) is 11.0 Å². The Morgan fingerprint density at radius 2 is 1.79 bits per heavy atom. The highest BCUT2D eigenvalue weighted by molar-refractivity contribution is 6.06. The molecule has 43 heavy (non-hydrogen) atoms. The standard InChI is InChI=1S/C31H35N3O9/c1-17-14-25(18(2)13-22(17)15-32-9-11-41-12-10-32)42-16-24-19(3)27-26(20(4)35)29(36)33(27)28(24)31(38)43-30(37)21-5-7-23(8-6-21)34(39)40/h5-8,13-14,19-20,26-27,35H,9-12,15-16H2,1-4H3/t19-,20+,26+,27+/m0/s1. The molecule has 3 heterocycles. The number of rotatable bonds is 9. The first-order valence-electron chi connectivity index (χ1n) is 14.3. The molecular formula is C31H35N3O9. The molecule has 5 rings (SSSR count). The lowest BCUT2D eigenvalue weighted by Gasteiger charge is -2.46. The number of β-lactam (4-membered cyclic amide) rings is 1. The molecule has 2 fully saturated rings. The Balaban J connectivity index is 1.37. The van der Waals surface area contributed by atoms with Crippen molar-refractivity contribution < 1.29 is 38.6 Å². The second-order valence-electron chi connectivity index (χ2n) is 11.3. The SMILES string of the molecule is Cc1cc(OCC2=C(C(=O)OC(=O)c3ccc([N+](=O)[O-])cc3)N3C(=O)[C@H]([C@@H](C)O)[C@H]3[C@H]2C)c(C)cc1CN1CCOCC1. The molecule has 4 atom stereocenters. The summed E-state index contributed by atoms with van der Waals surface area (Å²) in [6.07, 6.45) is -0.931. The topological polar surface area (TPSA) is 149 Å². The van der Waals surface area contributed by atoms with E-state index in [0.717, 1.165) is 42.9 Å². The molecule has 228 valence electrons. The zero-order valence-corrected chi connectivity index (χ0v) is 24.6. The van der Waals surface area contributed by atoms with Gasteiger partial charge in [0.25, 0.3) is 5.69 Å². The number of esters is 2. The number of aryl methyl sites for hydroxylation is 2. The molecular weight excluding hydrogens is 558 g/mol. The fraction of sp³-hybridized carbons (Fsp3) is 0.452. The quantitative estimate of drug-likeness (QED) is 0.151. The van der Waals surface area contributed by atoms with Crippen molar-refractivity contribution in [2.75, 3.05) is 32.9 Å². The van der Waals surface area contributed by atoms with E-state index in [1.165, 1.54) is 29.5 Å². The van der Waals surface area contributed by atoms with Crippen molar-refractivity contribution in [3.05, 3.63) is 80.0 Å². The average molecular weight is 594 g/mol. The van der Waals surface area contributed by atoms with Crippen molar-refractivity contribution in [3.8, 4) is 5.75 Å². The third-order valence-corrected chi connectivity index (χ3v) is 8.52. The number of carbonyl (C=O) groups is 3. The van der Waals surface area contributed by atoms with E-state index >= 15 is 0 Å². The summed E-state index contributed by atoms with van der Waals surface area (Å²) in [5, 5.41) is 21.2. The Morgan fingerprint density at radius 3 is 2.42 bits per heavy atom. The maximum absolute atomic E-state index is 13.4. The molecule has 0 aromatic heterocycles. The molecule has 1 N–H and O–H groups in total. The van der Waals surface area contributed by atoms with Crippen LogP contribution in [0.5, 0.6) is 5.75 Å². The van der Waals surface area contributed by atoms with Crippen molar-refractivity contribution in [1.29, 1.82) is 0 Å². The third-order valence-electron chi connectivity index (χ3n) is 8.52. The van der Waals surface area contributed by atoms with E-state index in [4.69, 9.17) is 14.2 Å². The van der Waals surface area contributed by atoms with Gasteiger partial charge < -0.3 is 24.2 Å². The number of hydrogen-bond donors (Lipinski definition) is 1. The number of morpholine rings is 1. The summed E-state index contributed by atoms with van der Waals surface area (Å²) in [4.78, 5) is 53.2. The lowest BCUT2D eigenvalue weighted by atomic mass is 9.78. The van der Waals surface area contributed by atoms with Crippen LogP contribution in [0.25, 0.3) is 0 Å². The molecule has 0 bridgehead atoms. The van der Waals surface area contributed by atoms with Gasteiger partial charge in [-0.3, -0.25) is 19.8 Å². The smallest absolute Gasteiger partial charge is 0.363 e. The number of fused-ring (bicyclic) bond motifs is 1. The second kappa shape index (κ2) is 12.2. The third kappa shape index (κ3) is 5.90. The molecule has 0 radical (unpaired) electrons. The number of carbonyl (C=O) groups excluding carboxylic acids is 3. The zero-order chi connectivity index (χ0) is 31.0. The van der Waals surface area contributed by atoms with E-state index in [9.17, 15) is 29.6 Å². The zero-order valence-electron chi connectivity index (χ0n) is 24.6. The van der Waals surface area contributed by atoms with Crippen molar-refractivity contribution in [2.24, 2.45) is 11.8 Å². The average Bonchev–Trinajstić information content (AvgIpc) is 3.22. The van der Waals surface area contributed by atoms with Crippen molar-refractivity contribution in [3.63, 3.8) is 0 Å². The van der Waals surface area contributed by atoms with Gasteiger partial charge in [0.1, 0.15) is 18.1 Å². The highest BCUT2D eigenvalue weighted by atomic mass is 16.6. The maximum atomic E-state index is 13.4. The second-order valence-corrected chi connectivity index (χ2v) is 11.3. The first-order valence-corrected chi connectivity index (χ1v) is 14.3. The van der Waals surface area contributed by atoms with Gasteiger partial charge in [0.05, 0.1) is 41.8 Å². The molecule has 2 aromatic carbocycles. The maximum Gasteiger partial charge on any atom is 0.363 e. The van der Waals surface area contributed by atoms with Gasteiger partial charge in [-0.25, -0.2) is 9.59 Å². The largest absolute Gasteiger partial charge is 0.489 e. The van der Waals surface area contributed by atoms with Crippen molar-refractivity contribution in [2.45, 2.75) is 46.4 Å². The van der Waals surface area contributed by atoms with E-state index in [0.29, 0.717) is 24.5 Å². The predicted molar refractivity (Wildman–Crippen MR) is 153 cm³/mol. The number of hydrogen-bond acceptors (Lipinski definition) is 10. The van der Waals surface area contributed by atoms with Gasteiger partial charge in [0, 0.05) is 43.3 Å². The first kappa shape index (κ1) is 30.3. The number of ether oxygens (including phenoxy) is 3. The molecule has 2 saturated heterocycles. The molecule has 3 aliphatic rings. The summed E-state index contributed by atoms with van der Waals surface area (Å²) in [7, 11) is 0. The lowest BCUT2D eigenvalue weighted by Crippen LogP contribution is -2.63. The van der Waals surface area contributed by atoms with E-state index in [1.54, 1.807) is 0 Å². The van der Waals surface area contributed by atoms with Crippen LogP contribution < -0.4 is 4.74 Å². The summed E-state index contributed by atoms with van der Waals surface area (Å²) in [5.41, 5.74) is 3.29. The predicted octanol–water partition coefficient (Wildman–Crippen LogP) is 2.92. The fourth-order valence-corrected chi connectivity index (χ4v) is 6.07. The minimum Gasteiger partial charge on any atom is -0.489 e. The first-order chi connectivity index (χ1) is 20.5.